The van der Waals surface area contributed by atoms with Gasteiger partial charge in [0, 0.05) is 24.7 Å². The highest BCUT2D eigenvalue weighted by Gasteiger charge is 2.33. The zero-order valence-corrected chi connectivity index (χ0v) is 14.3. The first-order chi connectivity index (χ1) is 12.1. The minimum Gasteiger partial charge on any atom is -0.481 e. The lowest BCUT2D eigenvalue weighted by Crippen LogP contribution is -2.38. The zero-order valence-electron chi connectivity index (χ0n) is 14.3. The van der Waals surface area contributed by atoms with Crippen molar-refractivity contribution in [2.24, 2.45) is 5.92 Å². The summed E-state index contributed by atoms with van der Waals surface area (Å²) in [5.74, 6) is -0.0315. The second-order valence-corrected chi connectivity index (χ2v) is 7.27. The molecule has 0 atom stereocenters. The number of amides is 1. The van der Waals surface area contributed by atoms with Gasteiger partial charge in [-0.1, -0.05) is 0 Å². The van der Waals surface area contributed by atoms with Crippen molar-refractivity contribution in [1.82, 2.24) is 4.90 Å². The van der Waals surface area contributed by atoms with Crippen LogP contribution in [0.3, 0.4) is 0 Å². The summed E-state index contributed by atoms with van der Waals surface area (Å²) in [5, 5.41) is 9.15. The Morgan fingerprint density at radius 1 is 1.08 bits per heavy atom. The first kappa shape index (κ1) is 16.2. The Balaban J connectivity index is 1.46. The minimum atomic E-state index is -0.679. The third kappa shape index (κ3) is 3.05. The van der Waals surface area contributed by atoms with Crippen molar-refractivity contribution in [3.8, 4) is 5.75 Å². The van der Waals surface area contributed by atoms with E-state index in [0.717, 1.165) is 63.1 Å². The summed E-state index contributed by atoms with van der Waals surface area (Å²) in [6, 6.07) is 6.05. The van der Waals surface area contributed by atoms with Gasteiger partial charge in [0.05, 0.1) is 11.6 Å². The molecule has 0 unspecified atom stereocenters. The molecule has 1 aromatic rings. The highest BCUT2D eigenvalue weighted by Crippen LogP contribution is 2.40. The van der Waals surface area contributed by atoms with Crippen LogP contribution in [0.15, 0.2) is 18.2 Å². The lowest BCUT2D eigenvalue weighted by atomic mass is 9.85. The Labute approximate surface area is 147 Å². The molecule has 134 valence electrons. The summed E-state index contributed by atoms with van der Waals surface area (Å²) < 4.78 is 5.83. The molecule has 4 rings (SSSR count). The van der Waals surface area contributed by atoms with Crippen LogP contribution in [0.1, 0.15) is 48.9 Å². The number of aliphatic carboxylic acids is 1. The SMILES string of the molecule is O=C(O)C1CCC(N2COc3cc(C(=O)N4CCCC4)ccc32)CC1. The zero-order chi connectivity index (χ0) is 17.4. The molecule has 6 heteroatoms. The van der Waals surface area contributed by atoms with Crippen LogP contribution in [0.5, 0.6) is 5.75 Å². The molecule has 1 aliphatic carbocycles. The van der Waals surface area contributed by atoms with Crippen LogP contribution in [0.25, 0.3) is 0 Å². The van der Waals surface area contributed by atoms with Crippen molar-refractivity contribution in [2.45, 2.75) is 44.6 Å². The van der Waals surface area contributed by atoms with Crippen molar-refractivity contribution >= 4 is 17.6 Å². The molecule has 1 aromatic carbocycles. The third-order valence-corrected chi connectivity index (χ3v) is 5.76. The number of carboxylic acids is 1. The maximum Gasteiger partial charge on any atom is 0.306 e. The average Bonchev–Trinajstić information content (AvgIpc) is 3.30. The molecule has 1 N–H and O–H groups in total. The average molecular weight is 344 g/mol. The van der Waals surface area contributed by atoms with E-state index < -0.39 is 5.97 Å². The minimum absolute atomic E-state index is 0.0873. The highest BCUT2D eigenvalue weighted by molar-refractivity contribution is 5.95. The van der Waals surface area contributed by atoms with E-state index in [1.54, 1.807) is 0 Å². The molecule has 1 saturated heterocycles. The molecule has 25 heavy (non-hydrogen) atoms. The van der Waals surface area contributed by atoms with Gasteiger partial charge < -0.3 is 19.6 Å². The Kier molecular flexibility index (Phi) is 4.27. The molecule has 1 amide bonds. The Bertz CT molecular complexity index is 676. The van der Waals surface area contributed by atoms with Crippen molar-refractivity contribution < 1.29 is 19.4 Å². The summed E-state index contributed by atoms with van der Waals surface area (Å²) in [6.45, 7) is 2.17. The largest absolute Gasteiger partial charge is 0.481 e. The fourth-order valence-electron chi connectivity index (χ4n) is 4.25. The van der Waals surface area contributed by atoms with Crippen molar-refractivity contribution in [2.75, 3.05) is 24.7 Å². The summed E-state index contributed by atoms with van der Waals surface area (Å²) in [6.07, 6.45) is 5.34. The van der Waals surface area contributed by atoms with E-state index in [1.807, 2.05) is 23.1 Å². The summed E-state index contributed by atoms with van der Waals surface area (Å²) >= 11 is 0. The standard InChI is InChI=1S/C19H24N2O4/c22-18(20-9-1-2-10-20)14-5-8-16-17(11-14)25-12-21(16)15-6-3-13(4-7-15)19(23)24/h5,8,11,13,15H,1-4,6-7,9-10,12H2,(H,23,24). The number of carboxylic acid groups (broad SMARTS) is 1. The van der Waals surface area contributed by atoms with E-state index in [0.29, 0.717) is 18.3 Å². The number of carbonyl (C=O) groups excluding carboxylic acids is 1. The molecule has 0 aromatic heterocycles. The second kappa shape index (κ2) is 6.58. The Morgan fingerprint density at radius 3 is 2.48 bits per heavy atom. The van der Waals surface area contributed by atoms with Crippen molar-refractivity contribution in [1.29, 1.82) is 0 Å². The fourth-order valence-corrected chi connectivity index (χ4v) is 4.25. The molecule has 3 aliphatic rings. The maximum atomic E-state index is 12.5. The van der Waals surface area contributed by atoms with Gasteiger partial charge in [-0.25, -0.2) is 0 Å². The first-order valence-electron chi connectivity index (χ1n) is 9.19. The van der Waals surface area contributed by atoms with Gasteiger partial charge in [0.1, 0.15) is 5.75 Å². The lowest BCUT2D eigenvalue weighted by molar-refractivity contribution is -0.142. The van der Waals surface area contributed by atoms with E-state index in [1.165, 1.54) is 0 Å². The van der Waals surface area contributed by atoms with E-state index in [2.05, 4.69) is 4.90 Å². The van der Waals surface area contributed by atoms with Crippen LogP contribution in [-0.4, -0.2) is 47.7 Å². The lowest BCUT2D eigenvalue weighted by Gasteiger charge is -2.33. The first-order valence-corrected chi connectivity index (χ1v) is 9.19. The van der Waals surface area contributed by atoms with E-state index >= 15 is 0 Å². The second-order valence-electron chi connectivity index (χ2n) is 7.27. The van der Waals surface area contributed by atoms with Gasteiger partial charge in [-0.15, -0.1) is 0 Å². The van der Waals surface area contributed by atoms with E-state index in [4.69, 9.17) is 9.84 Å². The number of carbonyl (C=O) groups is 2. The molecular formula is C19H24N2O4. The Morgan fingerprint density at radius 2 is 1.80 bits per heavy atom. The van der Waals surface area contributed by atoms with Crippen molar-refractivity contribution in [3.05, 3.63) is 23.8 Å². The van der Waals surface area contributed by atoms with Crippen LogP contribution < -0.4 is 9.64 Å². The molecule has 2 aliphatic heterocycles. The Hall–Kier alpha value is -2.24. The number of likely N-dealkylation sites (tertiary alicyclic amines) is 1. The summed E-state index contributed by atoms with van der Waals surface area (Å²) in [4.78, 5) is 27.8. The van der Waals surface area contributed by atoms with Crippen LogP contribution >= 0.6 is 0 Å². The number of ether oxygens (including phenoxy) is 1. The molecule has 6 nitrogen and oxygen atoms in total. The summed E-state index contributed by atoms with van der Waals surface area (Å²) in [7, 11) is 0. The smallest absolute Gasteiger partial charge is 0.306 e. The fraction of sp³-hybridized carbons (Fsp3) is 0.579. The van der Waals surface area contributed by atoms with Gasteiger partial charge in [0.2, 0.25) is 0 Å². The van der Waals surface area contributed by atoms with Gasteiger partial charge in [0.15, 0.2) is 6.73 Å². The maximum absolute atomic E-state index is 12.5. The van der Waals surface area contributed by atoms with Gasteiger partial charge in [-0.05, 0) is 56.7 Å². The van der Waals surface area contributed by atoms with Gasteiger partial charge >= 0.3 is 5.97 Å². The number of rotatable bonds is 3. The van der Waals surface area contributed by atoms with Crippen LogP contribution in [0.4, 0.5) is 5.69 Å². The molecule has 0 bridgehead atoms. The molecule has 2 fully saturated rings. The number of fused-ring (bicyclic) bond motifs is 1. The number of benzene rings is 1. The topological polar surface area (TPSA) is 70.1 Å². The van der Waals surface area contributed by atoms with Gasteiger partial charge in [-0.2, -0.15) is 0 Å². The van der Waals surface area contributed by atoms with Gasteiger partial charge in [0.25, 0.3) is 5.91 Å². The van der Waals surface area contributed by atoms with Crippen molar-refractivity contribution in [3.63, 3.8) is 0 Å². The molecule has 0 radical (unpaired) electrons. The molecule has 0 spiro atoms. The third-order valence-electron chi connectivity index (χ3n) is 5.76. The predicted molar refractivity (Wildman–Crippen MR) is 92.9 cm³/mol. The molecular weight excluding hydrogens is 320 g/mol. The van der Waals surface area contributed by atoms with Crippen LogP contribution in [-0.2, 0) is 4.79 Å². The van der Waals surface area contributed by atoms with Crippen LogP contribution in [0.2, 0.25) is 0 Å². The summed E-state index contributed by atoms with van der Waals surface area (Å²) in [5.41, 5.74) is 1.72. The number of anilines is 1. The highest BCUT2D eigenvalue weighted by atomic mass is 16.5. The normalized spacial score (nSPS) is 25.6. The monoisotopic (exact) mass is 344 g/mol. The predicted octanol–water partition coefficient (Wildman–Crippen LogP) is 2.72. The molecule has 1 saturated carbocycles. The quantitative estimate of drug-likeness (QED) is 0.913. The van der Waals surface area contributed by atoms with Gasteiger partial charge in [-0.3, -0.25) is 9.59 Å². The number of hydrogen-bond donors (Lipinski definition) is 1. The van der Waals surface area contributed by atoms with E-state index in [-0.39, 0.29) is 11.8 Å². The number of nitrogens with zero attached hydrogens (tertiary/aromatic N) is 2. The number of hydrogen-bond acceptors (Lipinski definition) is 4. The van der Waals surface area contributed by atoms with Crippen LogP contribution in [0, 0.1) is 5.92 Å². The molecule has 2 heterocycles. The van der Waals surface area contributed by atoms with E-state index in [9.17, 15) is 9.59 Å².